The molecular weight excluding hydrogens is 369 g/mol. The van der Waals surface area contributed by atoms with Crippen molar-refractivity contribution in [2.24, 2.45) is 0 Å². The van der Waals surface area contributed by atoms with E-state index in [1.807, 2.05) is 6.92 Å². The molecule has 1 heterocycles. The maximum Gasteiger partial charge on any atom is 0.471 e. The topological polar surface area (TPSA) is 59.5 Å². The highest BCUT2D eigenvalue weighted by Crippen LogP contribution is 2.30. The Bertz CT molecular complexity index is 591. The SMILES string of the molecule is CCCc1cc(N(C)C(=O)C(F)(F)F)c(Br)nc1C(=O)OC. The molecule has 0 bridgehead atoms. The number of carbonyl (C=O) groups is 2. The van der Waals surface area contributed by atoms with E-state index in [1.54, 1.807) is 0 Å². The van der Waals surface area contributed by atoms with Gasteiger partial charge in [-0.05, 0) is 34.0 Å². The smallest absolute Gasteiger partial charge is 0.464 e. The van der Waals surface area contributed by atoms with Crippen LogP contribution in [0.3, 0.4) is 0 Å². The number of aryl methyl sites for hydroxylation is 1. The summed E-state index contributed by atoms with van der Waals surface area (Å²) in [4.78, 5) is 27.4. The number of carbonyl (C=O) groups excluding carboxylic acids is 2. The lowest BCUT2D eigenvalue weighted by Crippen LogP contribution is -2.39. The van der Waals surface area contributed by atoms with Crippen LogP contribution >= 0.6 is 15.9 Å². The summed E-state index contributed by atoms with van der Waals surface area (Å²) in [6.07, 6.45) is -3.95. The predicted octanol–water partition coefficient (Wildman–Crippen LogP) is 3.11. The number of rotatable bonds is 4. The molecule has 1 amide bonds. The number of nitrogens with zero attached hydrogens (tertiary/aromatic N) is 2. The van der Waals surface area contributed by atoms with Crippen molar-refractivity contribution >= 4 is 33.5 Å². The van der Waals surface area contributed by atoms with E-state index in [0.717, 1.165) is 7.05 Å². The normalized spacial score (nSPS) is 11.2. The van der Waals surface area contributed by atoms with Gasteiger partial charge in [0.2, 0.25) is 0 Å². The first kappa shape index (κ1) is 18.4. The van der Waals surface area contributed by atoms with Crippen LogP contribution in [0.4, 0.5) is 18.9 Å². The van der Waals surface area contributed by atoms with Gasteiger partial charge < -0.3 is 9.64 Å². The average molecular weight is 383 g/mol. The van der Waals surface area contributed by atoms with E-state index in [9.17, 15) is 22.8 Å². The first-order chi connectivity index (χ1) is 10.1. The van der Waals surface area contributed by atoms with E-state index in [2.05, 4.69) is 25.7 Å². The lowest BCUT2D eigenvalue weighted by atomic mass is 10.1. The fourth-order valence-electron chi connectivity index (χ4n) is 1.79. The molecule has 9 heteroatoms. The van der Waals surface area contributed by atoms with Gasteiger partial charge in [0.25, 0.3) is 0 Å². The number of alkyl halides is 3. The molecule has 122 valence electrons. The number of hydrogen-bond acceptors (Lipinski definition) is 4. The van der Waals surface area contributed by atoms with Gasteiger partial charge in [0.1, 0.15) is 4.60 Å². The second-order valence-electron chi connectivity index (χ2n) is 4.41. The summed E-state index contributed by atoms with van der Waals surface area (Å²) in [5, 5.41) is 0. The predicted molar refractivity (Wildman–Crippen MR) is 76.7 cm³/mol. The van der Waals surface area contributed by atoms with Gasteiger partial charge in [-0.2, -0.15) is 13.2 Å². The van der Waals surface area contributed by atoms with Gasteiger partial charge in [-0.1, -0.05) is 13.3 Å². The zero-order chi connectivity index (χ0) is 17.1. The second-order valence-corrected chi connectivity index (χ2v) is 5.16. The minimum atomic E-state index is -5.00. The van der Waals surface area contributed by atoms with Gasteiger partial charge in [0, 0.05) is 7.05 Å². The van der Waals surface area contributed by atoms with Crippen LogP contribution < -0.4 is 4.90 Å². The van der Waals surface area contributed by atoms with E-state index in [1.165, 1.54) is 13.2 Å². The molecule has 22 heavy (non-hydrogen) atoms. The third-order valence-electron chi connectivity index (χ3n) is 2.84. The number of halogens is 4. The Morgan fingerprint density at radius 3 is 2.45 bits per heavy atom. The van der Waals surface area contributed by atoms with Gasteiger partial charge in [-0.25, -0.2) is 9.78 Å². The molecule has 0 fully saturated rings. The van der Waals surface area contributed by atoms with Crippen molar-refractivity contribution in [3.05, 3.63) is 21.9 Å². The zero-order valence-corrected chi connectivity index (χ0v) is 13.7. The highest BCUT2D eigenvalue weighted by molar-refractivity contribution is 9.10. The molecule has 1 aromatic rings. The van der Waals surface area contributed by atoms with Crippen LogP contribution in [0.2, 0.25) is 0 Å². The van der Waals surface area contributed by atoms with Crippen molar-refractivity contribution in [1.29, 1.82) is 0 Å². The van der Waals surface area contributed by atoms with Gasteiger partial charge in [0.05, 0.1) is 12.8 Å². The van der Waals surface area contributed by atoms with Gasteiger partial charge in [-0.15, -0.1) is 0 Å². The van der Waals surface area contributed by atoms with E-state index in [0.29, 0.717) is 23.3 Å². The molecule has 0 radical (unpaired) electrons. The Labute approximate surface area is 133 Å². The molecule has 0 aliphatic rings. The van der Waals surface area contributed by atoms with E-state index in [4.69, 9.17) is 0 Å². The summed E-state index contributed by atoms with van der Waals surface area (Å²) in [5.74, 6) is -2.72. The van der Waals surface area contributed by atoms with Gasteiger partial charge in [0.15, 0.2) is 5.69 Å². The Hall–Kier alpha value is -1.64. The highest BCUT2D eigenvalue weighted by Gasteiger charge is 2.42. The third kappa shape index (κ3) is 3.96. The Morgan fingerprint density at radius 2 is 2.00 bits per heavy atom. The summed E-state index contributed by atoms with van der Waals surface area (Å²) in [7, 11) is 2.17. The quantitative estimate of drug-likeness (QED) is 0.592. The first-order valence-electron chi connectivity index (χ1n) is 6.26. The van der Waals surface area contributed by atoms with Gasteiger partial charge in [-0.3, -0.25) is 4.79 Å². The van der Waals surface area contributed by atoms with Crippen molar-refractivity contribution in [3.8, 4) is 0 Å². The number of methoxy groups -OCH3 is 1. The minimum Gasteiger partial charge on any atom is -0.464 e. The standard InChI is InChI=1S/C13H14BrF3N2O3/c1-4-5-7-6-8(19(2)12(21)13(15,16)17)10(14)18-9(7)11(20)22-3/h6H,4-5H2,1-3H3. The molecule has 0 spiro atoms. The fourth-order valence-corrected chi connectivity index (χ4v) is 2.35. The monoisotopic (exact) mass is 382 g/mol. The summed E-state index contributed by atoms with van der Waals surface area (Å²) in [6, 6.07) is 1.33. The second kappa shape index (κ2) is 7.08. The molecule has 1 aromatic heterocycles. The Balaban J connectivity index is 3.36. The summed E-state index contributed by atoms with van der Waals surface area (Å²) in [5.41, 5.74) is 0.348. The number of hydrogen-bond donors (Lipinski definition) is 0. The van der Waals surface area contributed by atoms with Crippen LogP contribution in [0.25, 0.3) is 0 Å². The summed E-state index contributed by atoms with van der Waals surface area (Å²) < 4.78 is 42.1. The van der Waals surface area contributed by atoms with Crippen LogP contribution in [-0.4, -0.2) is 37.2 Å². The molecule has 5 nitrogen and oxygen atoms in total. The third-order valence-corrected chi connectivity index (χ3v) is 3.43. The van der Waals surface area contributed by atoms with Crippen molar-refractivity contribution in [2.45, 2.75) is 25.9 Å². The lowest BCUT2D eigenvalue weighted by molar-refractivity contribution is -0.170. The molecule has 0 saturated heterocycles. The van der Waals surface area contributed by atoms with Crippen molar-refractivity contribution < 1.29 is 27.5 Å². The maximum absolute atomic E-state index is 12.5. The van der Waals surface area contributed by atoms with Crippen molar-refractivity contribution in [3.63, 3.8) is 0 Å². The van der Waals surface area contributed by atoms with Crippen LogP contribution in [0.15, 0.2) is 10.7 Å². The maximum atomic E-state index is 12.5. The van der Waals surface area contributed by atoms with E-state index < -0.39 is 18.1 Å². The fraction of sp³-hybridized carbons (Fsp3) is 0.462. The highest BCUT2D eigenvalue weighted by atomic mass is 79.9. The Kier molecular flexibility index (Phi) is 5.92. The van der Waals surface area contributed by atoms with Crippen LogP contribution in [0, 0.1) is 0 Å². The zero-order valence-electron chi connectivity index (χ0n) is 12.1. The number of pyridine rings is 1. The van der Waals surface area contributed by atoms with Crippen molar-refractivity contribution in [2.75, 3.05) is 19.1 Å². The van der Waals surface area contributed by atoms with E-state index in [-0.39, 0.29) is 16.0 Å². The molecule has 0 aliphatic carbocycles. The summed E-state index contributed by atoms with van der Waals surface area (Å²) in [6.45, 7) is 1.84. The molecule has 0 atom stereocenters. The molecule has 0 aromatic carbocycles. The van der Waals surface area contributed by atoms with Crippen LogP contribution in [0.1, 0.15) is 29.4 Å². The summed E-state index contributed by atoms with van der Waals surface area (Å²) >= 11 is 2.99. The molecule has 0 N–H and O–H groups in total. The van der Waals surface area contributed by atoms with Gasteiger partial charge >= 0.3 is 18.1 Å². The number of amides is 1. The lowest BCUT2D eigenvalue weighted by Gasteiger charge is -2.21. The number of aromatic nitrogens is 1. The largest absolute Gasteiger partial charge is 0.471 e. The average Bonchev–Trinajstić information content (AvgIpc) is 2.45. The van der Waals surface area contributed by atoms with Crippen molar-refractivity contribution in [1.82, 2.24) is 4.98 Å². The molecule has 1 rings (SSSR count). The van der Waals surface area contributed by atoms with E-state index >= 15 is 0 Å². The molecular formula is C13H14BrF3N2O3. The van der Waals surface area contributed by atoms with Crippen LogP contribution in [0.5, 0.6) is 0 Å². The first-order valence-corrected chi connectivity index (χ1v) is 7.05. The molecule has 0 saturated carbocycles. The molecule has 0 aliphatic heterocycles. The van der Waals surface area contributed by atoms with Crippen LogP contribution in [-0.2, 0) is 16.0 Å². The Morgan fingerprint density at radius 1 is 1.41 bits per heavy atom. The minimum absolute atomic E-state index is 0.00725. The number of esters is 1. The molecule has 0 unspecified atom stereocenters. The number of anilines is 1. The number of ether oxygens (including phenoxy) is 1.